The highest BCUT2D eigenvalue weighted by molar-refractivity contribution is 5.12. The van der Waals surface area contributed by atoms with E-state index in [2.05, 4.69) is 12.4 Å². The third kappa shape index (κ3) is 1.88. The molecule has 1 unspecified atom stereocenters. The molecule has 1 N–H and O–H groups in total. The van der Waals surface area contributed by atoms with Crippen molar-refractivity contribution in [2.45, 2.75) is 38.1 Å². The Labute approximate surface area is 80.4 Å². The van der Waals surface area contributed by atoms with Crippen molar-refractivity contribution in [2.24, 2.45) is 5.92 Å². The predicted octanol–water partition coefficient (Wildman–Crippen LogP) is 2.07. The van der Waals surface area contributed by atoms with Crippen LogP contribution in [0.2, 0.25) is 0 Å². The number of nitrogens with one attached hydrogen (secondary N) is 1. The summed E-state index contributed by atoms with van der Waals surface area (Å²) in [6.45, 7) is 0.907. The number of hydrogen-bond donors (Lipinski definition) is 1. The van der Waals surface area contributed by atoms with Gasteiger partial charge in [0.05, 0.1) is 12.9 Å². The van der Waals surface area contributed by atoms with Crippen LogP contribution in [0.5, 0.6) is 0 Å². The highest BCUT2D eigenvalue weighted by atomic mass is 16.5. The first-order chi connectivity index (χ1) is 6.42. The van der Waals surface area contributed by atoms with Gasteiger partial charge in [-0.05, 0) is 44.2 Å². The molecule has 0 aromatic rings. The van der Waals surface area contributed by atoms with Crippen LogP contribution in [0.15, 0.2) is 11.8 Å². The van der Waals surface area contributed by atoms with Gasteiger partial charge in [0.2, 0.25) is 0 Å². The Hall–Kier alpha value is -0.500. The van der Waals surface area contributed by atoms with Crippen LogP contribution in [0.4, 0.5) is 0 Å². The Balaban J connectivity index is 1.97. The van der Waals surface area contributed by atoms with Crippen LogP contribution >= 0.6 is 0 Å². The molecule has 1 aliphatic carbocycles. The average molecular weight is 181 g/mol. The molecule has 1 saturated carbocycles. The van der Waals surface area contributed by atoms with Gasteiger partial charge in [-0.1, -0.05) is 6.42 Å². The van der Waals surface area contributed by atoms with Crippen molar-refractivity contribution in [2.75, 3.05) is 13.7 Å². The van der Waals surface area contributed by atoms with E-state index in [0.717, 1.165) is 12.5 Å². The van der Waals surface area contributed by atoms with E-state index >= 15 is 0 Å². The lowest BCUT2D eigenvalue weighted by Crippen LogP contribution is -2.39. The number of ether oxygens (including phenoxy) is 1. The summed E-state index contributed by atoms with van der Waals surface area (Å²) in [7, 11) is 2.07. The van der Waals surface area contributed by atoms with Crippen molar-refractivity contribution in [3.8, 4) is 0 Å². The lowest BCUT2D eigenvalue weighted by Gasteiger charge is -2.35. The summed E-state index contributed by atoms with van der Waals surface area (Å²) in [6, 6.07) is 0.592. The molecule has 1 aliphatic heterocycles. The summed E-state index contributed by atoms with van der Waals surface area (Å²) < 4.78 is 5.38. The Kier molecular flexibility index (Phi) is 2.89. The normalized spacial score (nSPS) is 25.8. The van der Waals surface area contributed by atoms with Gasteiger partial charge in [-0.2, -0.15) is 0 Å². The van der Waals surface area contributed by atoms with E-state index < -0.39 is 0 Å². The fourth-order valence-electron chi connectivity index (χ4n) is 2.31. The van der Waals surface area contributed by atoms with E-state index in [1.165, 1.54) is 37.7 Å². The van der Waals surface area contributed by atoms with E-state index in [-0.39, 0.29) is 0 Å². The van der Waals surface area contributed by atoms with Crippen molar-refractivity contribution in [3.05, 3.63) is 11.8 Å². The maximum atomic E-state index is 5.38. The first-order valence-corrected chi connectivity index (χ1v) is 5.39. The number of likely N-dealkylation sites (N-methyl/N-ethyl adjacent to an activating group) is 1. The molecule has 1 atom stereocenters. The zero-order chi connectivity index (χ0) is 9.10. The molecule has 0 spiro atoms. The highest BCUT2D eigenvalue weighted by Crippen LogP contribution is 2.34. The molecule has 0 saturated heterocycles. The van der Waals surface area contributed by atoms with Gasteiger partial charge in [-0.15, -0.1) is 0 Å². The molecular weight excluding hydrogens is 162 g/mol. The summed E-state index contributed by atoms with van der Waals surface area (Å²) >= 11 is 0. The minimum atomic E-state index is 0.592. The first kappa shape index (κ1) is 9.07. The lowest BCUT2D eigenvalue weighted by molar-refractivity contribution is 0.199. The summed E-state index contributed by atoms with van der Waals surface area (Å²) in [5.74, 6) is 0.873. The summed E-state index contributed by atoms with van der Waals surface area (Å²) in [4.78, 5) is 0. The second-order valence-corrected chi connectivity index (χ2v) is 4.12. The topological polar surface area (TPSA) is 21.3 Å². The van der Waals surface area contributed by atoms with Crippen LogP contribution in [-0.2, 0) is 4.74 Å². The van der Waals surface area contributed by atoms with Gasteiger partial charge in [0, 0.05) is 6.04 Å². The van der Waals surface area contributed by atoms with E-state index in [9.17, 15) is 0 Å². The van der Waals surface area contributed by atoms with Crippen LogP contribution in [0.1, 0.15) is 32.1 Å². The van der Waals surface area contributed by atoms with E-state index in [0.29, 0.717) is 6.04 Å². The first-order valence-electron chi connectivity index (χ1n) is 5.39. The van der Waals surface area contributed by atoms with E-state index in [1.807, 2.05) is 6.26 Å². The molecular formula is C11H19NO. The molecule has 1 heterocycles. The van der Waals surface area contributed by atoms with Gasteiger partial charge in [0.15, 0.2) is 0 Å². The molecule has 74 valence electrons. The molecule has 2 heteroatoms. The third-order valence-corrected chi connectivity index (χ3v) is 3.29. The van der Waals surface area contributed by atoms with Gasteiger partial charge in [-0.25, -0.2) is 0 Å². The van der Waals surface area contributed by atoms with Crippen LogP contribution in [-0.4, -0.2) is 19.7 Å². The Morgan fingerprint density at radius 3 is 2.77 bits per heavy atom. The van der Waals surface area contributed by atoms with Crippen molar-refractivity contribution in [1.29, 1.82) is 0 Å². The molecule has 0 aromatic heterocycles. The minimum Gasteiger partial charge on any atom is -0.501 e. The molecule has 0 aromatic carbocycles. The summed E-state index contributed by atoms with van der Waals surface area (Å²) in [6.07, 6.45) is 8.60. The van der Waals surface area contributed by atoms with E-state index in [4.69, 9.17) is 4.74 Å². The number of rotatable bonds is 3. The van der Waals surface area contributed by atoms with Gasteiger partial charge < -0.3 is 10.1 Å². The zero-order valence-electron chi connectivity index (χ0n) is 8.38. The fourth-order valence-corrected chi connectivity index (χ4v) is 2.31. The Bertz CT molecular complexity index is 196. The maximum absolute atomic E-state index is 5.38. The monoisotopic (exact) mass is 181 g/mol. The molecule has 0 amide bonds. The third-order valence-electron chi connectivity index (χ3n) is 3.29. The Morgan fingerprint density at radius 1 is 1.46 bits per heavy atom. The minimum absolute atomic E-state index is 0.592. The smallest absolute Gasteiger partial charge is 0.0876 e. The molecule has 2 nitrogen and oxygen atoms in total. The van der Waals surface area contributed by atoms with Crippen molar-refractivity contribution >= 4 is 0 Å². The maximum Gasteiger partial charge on any atom is 0.0876 e. The Morgan fingerprint density at radius 2 is 2.31 bits per heavy atom. The van der Waals surface area contributed by atoms with Crippen LogP contribution in [0.3, 0.4) is 0 Å². The molecule has 0 radical (unpaired) electrons. The highest BCUT2D eigenvalue weighted by Gasteiger charge is 2.29. The molecule has 1 fully saturated rings. The standard InChI is InChI=1S/C11H19NO/c1-12-11(9-4-2-5-9)10-6-3-7-13-8-10/h8-9,11-12H,2-7H2,1H3. The van der Waals surface area contributed by atoms with Crippen molar-refractivity contribution in [3.63, 3.8) is 0 Å². The van der Waals surface area contributed by atoms with Gasteiger partial charge >= 0.3 is 0 Å². The van der Waals surface area contributed by atoms with Crippen molar-refractivity contribution in [1.82, 2.24) is 5.32 Å². The van der Waals surface area contributed by atoms with Crippen LogP contribution in [0, 0.1) is 5.92 Å². The van der Waals surface area contributed by atoms with Crippen LogP contribution in [0.25, 0.3) is 0 Å². The quantitative estimate of drug-likeness (QED) is 0.719. The molecule has 2 rings (SSSR count). The molecule has 0 bridgehead atoms. The molecule has 2 aliphatic rings. The van der Waals surface area contributed by atoms with E-state index in [1.54, 1.807) is 0 Å². The van der Waals surface area contributed by atoms with Gasteiger partial charge in [-0.3, -0.25) is 0 Å². The lowest BCUT2D eigenvalue weighted by atomic mass is 9.76. The second kappa shape index (κ2) is 4.14. The van der Waals surface area contributed by atoms with Gasteiger partial charge in [0.25, 0.3) is 0 Å². The van der Waals surface area contributed by atoms with Crippen LogP contribution < -0.4 is 5.32 Å². The fraction of sp³-hybridized carbons (Fsp3) is 0.818. The number of hydrogen-bond acceptors (Lipinski definition) is 2. The summed E-state index contributed by atoms with van der Waals surface area (Å²) in [5, 5.41) is 3.43. The average Bonchev–Trinajstić information content (AvgIpc) is 2.12. The second-order valence-electron chi connectivity index (χ2n) is 4.12. The zero-order valence-corrected chi connectivity index (χ0v) is 8.38. The summed E-state index contributed by atoms with van der Waals surface area (Å²) in [5.41, 5.74) is 1.48. The largest absolute Gasteiger partial charge is 0.501 e. The SMILES string of the molecule is CNC(C1=COCCC1)C1CCC1. The predicted molar refractivity (Wildman–Crippen MR) is 53.5 cm³/mol. The van der Waals surface area contributed by atoms with Gasteiger partial charge in [0.1, 0.15) is 0 Å². The van der Waals surface area contributed by atoms with Crippen molar-refractivity contribution < 1.29 is 4.74 Å². The molecule has 13 heavy (non-hydrogen) atoms.